The van der Waals surface area contributed by atoms with Crippen LogP contribution in [-0.2, 0) is 9.84 Å². The average Bonchev–Trinajstić information content (AvgIpc) is 2.75. The van der Waals surface area contributed by atoms with Crippen molar-refractivity contribution in [2.45, 2.75) is 30.9 Å². The van der Waals surface area contributed by atoms with Crippen LogP contribution in [0.25, 0.3) is 0 Å². The van der Waals surface area contributed by atoms with E-state index in [9.17, 15) is 18.0 Å². The molecule has 0 aliphatic heterocycles. The third-order valence-corrected chi connectivity index (χ3v) is 6.90. The molecule has 1 N–H and O–H groups in total. The number of sulfone groups is 1. The lowest BCUT2D eigenvalue weighted by atomic mass is 9.99. The van der Waals surface area contributed by atoms with Crippen molar-refractivity contribution in [3.8, 4) is 0 Å². The fraction of sp³-hybridized carbons (Fsp3) is 0.167. The third-order valence-electron chi connectivity index (χ3n) is 4.75. The lowest BCUT2D eigenvalue weighted by Gasteiger charge is -2.13. The summed E-state index contributed by atoms with van der Waals surface area (Å²) in [6.07, 6.45) is 0. The van der Waals surface area contributed by atoms with Gasteiger partial charge in [-0.1, -0.05) is 48.0 Å². The van der Waals surface area contributed by atoms with Gasteiger partial charge in [0.05, 0.1) is 15.8 Å². The van der Waals surface area contributed by atoms with Crippen molar-refractivity contribution in [1.29, 1.82) is 0 Å². The molecule has 3 aromatic carbocycles. The molecular formula is C24H23NO4S. The standard InChI is InChI=1S/C24H23NO4S/c1-16(2)30(28,29)20-11-7-10-19(15-20)24(27)25-22-13-12-17(3)14-21(22)23(26)18-8-5-4-6-9-18/h4-16H,1-3H3,(H,25,27). The molecule has 0 saturated heterocycles. The van der Waals surface area contributed by atoms with Gasteiger partial charge < -0.3 is 5.32 Å². The molecule has 0 saturated carbocycles. The fourth-order valence-corrected chi connectivity index (χ4v) is 4.08. The van der Waals surface area contributed by atoms with Crippen LogP contribution in [0.1, 0.15) is 45.7 Å². The number of benzene rings is 3. The number of carbonyl (C=O) groups excluding carboxylic acids is 2. The monoisotopic (exact) mass is 421 g/mol. The molecule has 0 unspecified atom stereocenters. The SMILES string of the molecule is Cc1ccc(NC(=O)c2cccc(S(=O)(=O)C(C)C)c2)c(C(=O)c2ccccc2)c1. The van der Waals surface area contributed by atoms with Gasteiger partial charge in [-0.15, -0.1) is 0 Å². The first kappa shape index (κ1) is 21.5. The minimum atomic E-state index is -3.50. The van der Waals surface area contributed by atoms with Crippen molar-refractivity contribution in [1.82, 2.24) is 0 Å². The van der Waals surface area contributed by atoms with E-state index in [-0.39, 0.29) is 16.2 Å². The Morgan fingerprint density at radius 3 is 2.17 bits per heavy atom. The number of hydrogen-bond donors (Lipinski definition) is 1. The van der Waals surface area contributed by atoms with Crippen LogP contribution >= 0.6 is 0 Å². The highest BCUT2D eigenvalue weighted by molar-refractivity contribution is 7.92. The number of amides is 1. The Labute approximate surface area is 176 Å². The molecule has 0 spiro atoms. The van der Waals surface area contributed by atoms with E-state index < -0.39 is 21.0 Å². The molecule has 3 aromatic rings. The second-order valence-electron chi connectivity index (χ2n) is 7.32. The number of anilines is 1. The molecule has 0 aliphatic rings. The summed E-state index contributed by atoms with van der Waals surface area (Å²) in [6.45, 7) is 5.05. The van der Waals surface area contributed by atoms with Gasteiger partial charge >= 0.3 is 0 Å². The molecule has 0 fully saturated rings. The van der Waals surface area contributed by atoms with E-state index in [2.05, 4.69) is 5.32 Å². The molecule has 3 rings (SSSR count). The second kappa shape index (κ2) is 8.63. The first-order valence-corrected chi connectivity index (χ1v) is 11.1. The molecule has 30 heavy (non-hydrogen) atoms. The molecule has 6 heteroatoms. The van der Waals surface area contributed by atoms with Crippen LogP contribution in [0, 0.1) is 6.92 Å². The zero-order valence-electron chi connectivity index (χ0n) is 17.0. The van der Waals surface area contributed by atoms with Crippen LogP contribution in [-0.4, -0.2) is 25.4 Å². The summed E-state index contributed by atoms with van der Waals surface area (Å²) in [5.74, 6) is -0.687. The van der Waals surface area contributed by atoms with E-state index in [1.165, 1.54) is 18.2 Å². The van der Waals surface area contributed by atoms with Gasteiger partial charge in [0.15, 0.2) is 15.6 Å². The maximum absolute atomic E-state index is 13.0. The predicted octanol–water partition coefficient (Wildman–Crippen LogP) is 4.66. The molecule has 5 nitrogen and oxygen atoms in total. The number of carbonyl (C=O) groups is 2. The molecule has 1 amide bonds. The zero-order valence-corrected chi connectivity index (χ0v) is 17.9. The highest BCUT2D eigenvalue weighted by atomic mass is 32.2. The second-order valence-corrected chi connectivity index (χ2v) is 9.82. The number of hydrogen-bond acceptors (Lipinski definition) is 4. The number of aryl methyl sites for hydroxylation is 1. The zero-order chi connectivity index (χ0) is 21.9. The maximum Gasteiger partial charge on any atom is 0.255 e. The molecule has 0 aliphatic carbocycles. The Balaban J connectivity index is 1.94. The smallest absolute Gasteiger partial charge is 0.255 e. The summed E-state index contributed by atoms with van der Waals surface area (Å²) in [4.78, 5) is 25.9. The predicted molar refractivity (Wildman–Crippen MR) is 118 cm³/mol. The maximum atomic E-state index is 13.0. The number of rotatable bonds is 6. The van der Waals surface area contributed by atoms with Gasteiger partial charge in [0, 0.05) is 16.7 Å². The van der Waals surface area contributed by atoms with Crippen molar-refractivity contribution < 1.29 is 18.0 Å². The highest BCUT2D eigenvalue weighted by Crippen LogP contribution is 2.23. The summed E-state index contributed by atoms with van der Waals surface area (Å²) in [5.41, 5.74) is 2.36. The van der Waals surface area contributed by atoms with Crippen molar-refractivity contribution in [3.63, 3.8) is 0 Å². The van der Waals surface area contributed by atoms with Gasteiger partial charge in [0.1, 0.15) is 0 Å². The van der Waals surface area contributed by atoms with Gasteiger partial charge in [0.25, 0.3) is 5.91 Å². The quantitative estimate of drug-likeness (QED) is 0.587. The van der Waals surface area contributed by atoms with Crippen molar-refractivity contribution in [3.05, 3.63) is 95.1 Å². The van der Waals surface area contributed by atoms with Gasteiger partial charge in [-0.25, -0.2) is 8.42 Å². The lowest BCUT2D eigenvalue weighted by Crippen LogP contribution is -2.17. The Kier molecular flexibility index (Phi) is 6.17. The third kappa shape index (κ3) is 4.49. The van der Waals surface area contributed by atoms with Gasteiger partial charge in [-0.3, -0.25) is 9.59 Å². The molecule has 0 radical (unpaired) electrons. The minimum absolute atomic E-state index is 0.0923. The molecule has 0 atom stereocenters. The number of nitrogens with one attached hydrogen (secondary N) is 1. The van der Waals surface area contributed by atoms with E-state index in [4.69, 9.17) is 0 Å². The summed E-state index contributed by atoms with van der Waals surface area (Å²) >= 11 is 0. The molecule has 0 aromatic heterocycles. The van der Waals surface area contributed by atoms with Crippen LogP contribution in [0.5, 0.6) is 0 Å². The van der Waals surface area contributed by atoms with E-state index in [0.717, 1.165) is 5.56 Å². The lowest BCUT2D eigenvalue weighted by molar-refractivity contribution is 0.102. The van der Waals surface area contributed by atoms with E-state index in [1.54, 1.807) is 62.4 Å². The topological polar surface area (TPSA) is 80.3 Å². The van der Waals surface area contributed by atoms with Gasteiger partial charge in [0.2, 0.25) is 0 Å². The van der Waals surface area contributed by atoms with Crippen molar-refractivity contribution in [2.75, 3.05) is 5.32 Å². The van der Waals surface area contributed by atoms with Crippen LogP contribution < -0.4 is 5.32 Å². The Bertz CT molecular complexity index is 1200. The Morgan fingerprint density at radius 2 is 1.50 bits per heavy atom. The van der Waals surface area contributed by atoms with Crippen LogP contribution in [0.2, 0.25) is 0 Å². The largest absolute Gasteiger partial charge is 0.321 e. The van der Waals surface area contributed by atoms with Gasteiger partial charge in [-0.2, -0.15) is 0 Å². The Hall–Kier alpha value is -3.25. The first-order valence-electron chi connectivity index (χ1n) is 9.56. The fourth-order valence-electron chi connectivity index (χ4n) is 2.98. The molecular weight excluding hydrogens is 398 g/mol. The summed E-state index contributed by atoms with van der Waals surface area (Å²) < 4.78 is 24.9. The van der Waals surface area contributed by atoms with Crippen LogP contribution in [0.4, 0.5) is 5.69 Å². The first-order chi connectivity index (χ1) is 14.2. The van der Waals surface area contributed by atoms with Crippen molar-refractivity contribution >= 4 is 27.2 Å². The average molecular weight is 422 g/mol. The molecule has 154 valence electrons. The summed E-state index contributed by atoms with van der Waals surface area (Å²) in [5, 5.41) is 2.16. The summed E-state index contributed by atoms with van der Waals surface area (Å²) in [7, 11) is -3.50. The Morgan fingerprint density at radius 1 is 0.833 bits per heavy atom. The van der Waals surface area contributed by atoms with Crippen LogP contribution in [0.3, 0.4) is 0 Å². The van der Waals surface area contributed by atoms with Crippen molar-refractivity contribution in [2.24, 2.45) is 0 Å². The van der Waals surface area contributed by atoms with E-state index in [0.29, 0.717) is 16.8 Å². The highest BCUT2D eigenvalue weighted by Gasteiger charge is 2.21. The normalized spacial score (nSPS) is 11.3. The molecule has 0 bridgehead atoms. The van der Waals surface area contributed by atoms with E-state index in [1.807, 2.05) is 13.0 Å². The van der Waals surface area contributed by atoms with E-state index >= 15 is 0 Å². The van der Waals surface area contributed by atoms with Gasteiger partial charge in [-0.05, 0) is 51.1 Å². The minimum Gasteiger partial charge on any atom is -0.321 e. The summed E-state index contributed by atoms with van der Waals surface area (Å²) in [6, 6.07) is 19.9. The molecule has 0 heterocycles. The number of ketones is 1. The van der Waals surface area contributed by atoms with Crippen LogP contribution in [0.15, 0.2) is 77.7 Å².